The number of aromatic nitrogens is 2. The van der Waals surface area contributed by atoms with Gasteiger partial charge in [0, 0.05) is 19.0 Å². The molecule has 1 heterocycles. The Morgan fingerprint density at radius 3 is 2.70 bits per heavy atom. The third kappa shape index (κ3) is 2.04. The SMILES string of the molecule is Cn1c(CC(=O)C2(CN)CCCC2)nc2ccccc21. The van der Waals surface area contributed by atoms with E-state index in [0.29, 0.717) is 13.0 Å². The van der Waals surface area contributed by atoms with Gasteiger partial charge in [0.2, 0.25) is 0 Å². The van der Waals surface area contributed by atoms with E-state index in [1.165, 1.54) is 0 Å². The van der Waals surface area contributed by atoms with Crippen LogP contribution in [-0.4, -0.2) is 21.9 Å². The number of hydrogen-bond acceptors (Lipinski definition) is 3. The van der Waals surface area contributed by atoms with Crippen molar-refractivity contribution in [3.63, 3.8) is 0 Å². The van der Waals surface area contributed by atoms with Crippen LogP contribution >= 0.6 is 0 Å². The highest BCUT2D eigenvalue weighted by molar-refractivity contribution is 5.88. The van der Waals surface area contributed by atoms with Crippen molar-refractivity contribution in [3.8, 4) is 0 Å². The molecule has 4 heteroatoms. The van der Waals surface area contributed by atoms with Crippen LogP contribution in [0.1, 0.15) is 31.5 Å². The Hall–Kier alpha value is -1.68. The van der Waals surface area contributed by atoms with Crippen LogP contribution in [0.2, 0.25) is 0 Å². The molecule has 3 rings (SSSR count). The molecule has 1 aromatic carbocycles. The maximum Gasteiger partial charge on any atom is 0.147 e. The molecule has 0 aliphatic heterocycles. The van der Waals surface area contributed by atoms with Gasteiger partial charge in [-0.3, -0.25) is 4.79 Å². The van der Waals surface area contributed by atoms with Crippen molar-refractivity contribution >= 4 is 16.8 Å². The quantitative estimate of drug-likeness (QED) is 0.927. The number of nitrogens with two attached hydrogens (primary N) is 1. The number of fused-ring (bicyclic) bond motifs is 1. The maximum absolute atomic E-state index is 12.7. The Balaban J connectivity index is 1.89. The van der Waals surface area contributed by atoms with Crippen LogP contribution in [-0.2, 0) is 18.3 Å². The first-order valence-corrected chi connectivity index (χ1v) is 7.30. The average molecular weight is 271 g/mol. The number of carbonyl (C=O) groups is 1. The summed E-state index contributed by atoms with van der Waals surface area (Å²) >= 11 is 0. The first-order chi connectivity index (χ1) is 9.66. The molecule has 2 aromatic rings. The summed E-state index contributed by atoms with van der Waals surface area (Å²) < 4.78 is 2.02. The maximum atomic E-state index is 12.7. The van der Waals surface area contributed by atoms with E-state index < -0.39 is 0 Å². The van der Waals surface area contributed by atoms with Crippen molar-refractivity contribution in [1.29, 1.82) is 0 Å². The van der Waals surface area contributed by atoms with E-state index in [2.05, 4.69) is 4.98 Å². The highest BCUT2D eigenvalue weighted by atomic mass is 16.1. The highest BCUT2D eigenvalue weighted by Crippen LogP contribution is 2.38. The summed E-state index contributed by atoms with van der Waals surface area (Å²) in [6.45, 7) is 0.468. The molecule has 0 spiro atoms. The van der Waals surface area contributed by atoms with Crippen molar-refractivity contribution in [2.75, 3.05) is 6.54 Å². The highest BCUT2D eigenvalue weighted by Gasteiger charge is 2.39. The fraction of sp³-hybridized carbons (Fsp3) is 0.500. The second-order valence-corrected chi connectivity index (χ2v) is 5.87. The summed E-state index contributed by atoms with van der Waals surface area (Å²) in [6.07, 6.45) is 4.50. The Morgan fingerprint density at radius 1 is 1.35 bits per heavy atom. The summed E-state index contributed by atoms with van der Waals surface area (Å²) in [7, 11) is 1.97. The second-order valence-electron chi connectivity index (χ2n) is 5.87. The van der Waals surface area contributed by atoms with Gasteiger partial charge < -0.3 is 10.3 Å². The molecule has 1 aliphatic rings. The molecule has 2 N–H and O–H groups in total. The van der Waals surface area contributed by atoms with Gasteiger partial charge in [0.25, 0.3) is 0 Å². The summed E-state index contributed by atoms with van der Waals surface area (Å²) in [5.74, 6) is 1.10. The lowest BCUT2D eigenvalue weighted by Gasteiger charge is -2.25. The minimum absolute atomic E-state index is 0.260. The number of rotatable bonds is 4. The fourth-order valence-corrected chi connectivity index (χ4v) is 3.33. The lowest BCUT2D eigenvalue weighted by Crippen LogP contribution is -2.37. The van der Waals surface area contributed by atoms with Gasteiger partial charge in [0.15, 0.2) is 0 Å². The molecule has 1 fully saturated rings. The van der Waals surface area contributed by atoms with E-state index in [9.17, 15) is 4.79 Å². The first-order valence-electron chi connectivity index (χ1n) is 7.30. The van der Waals surface area contributed by atoms with Crippen molar-refractivity contribution in [2.24, 2.45) is 18.2 Å². The molecule has 0 bridgehead atoms. The van der Waals surface area contributed by atoms with E-state index in [4.69, 9.17) is 5.73 Å². The molecule has 0 atom stereocenters. The molecule has 1 saturated carbocycles. The van der Waals surface area contributed by atoms with Crippen LogP contribution in [0.25, 0.3) is 11.0 Å². The Kier molecular flexibility index (Phi) is 3.34. The number of Topliss-reactive ketones (excluding diaryl/α,β-unsaturated/α-hetero) is 1. The van der Waals surface area contributed by atoms with Crippen LogP contribution in [0.4, 0.5) is 0 Å². The average Bonchev–Trinajstić information content (AvgIpc) is 3.06. The minimum atomic E-state index is -0.294. The third-order valence-corrected chi connectivity index (χ3v) is 4.74. The van der Waals surface area contributed by atoms with E-state index >= 15 is 0 Å². The van der Waals surface area contributed by atoms with Crippen molar-refractivity contribution in [3.05, 3.63) is 30.1 Å². The summed E-state index contributed by atoms with van der Waals surface area (Å²) in [4.78, 5) is 17.3. The number of nitrogens with zero attached hydrogens (tertiary/aromatic N) is 2. The molecule has 1 aliphatic carbocycles. The van der Waals surface area contributed by atoms with Crippen LogP contribution < -0.4 is 5.73 Å². The van der Waals surface area contributed by atoms with Crippen molar-refractivity contribution in [2.45, 2.75) is 32.1 Å². The lowest BCUT2D eigenvalue weighted by atomic mass is 9.80. The van der Waals surface area contributed by atoms with Crippen LogP contribution in [0.3, 0.4) is 0 Å². The van der Waals surface area contributed by atoms with E-state index in [-0.39, 0.29) is 11.2 Å². The number of benzene rings is 1. The summed E-state index contributed by atoms with van der Waals surface area (Å²) in [6, 6.07) is 7.98. The Morgan fingerprint density at radius 2 is 2.05 bits per heavy atom. The zero-order valence-electron chi connectivity index (χ0n) is 11.9. The van der Waals surface area contributed by atoms with Crippen molar-refractivity contribution in [1.82, 2.24) is 9.55 Å². The minimum Gasteiger partial charge on any atom is -0.331 e. The van der Waals surface area contributed by atoms with Gasteiger partial charge >= 0.3 is 0 Å². The predicted molar refractivity (Wildman–Crippen MR) is 79.4 cm³/mol. The molecule has 0 amide bonds. The van der Waals surface area contributed by atoms with Gasteiger partial charge in [-0.2, -0.15) is 0 Å². The zero-order chi connectivity index (χ0) is 14.2. The molecule has 0 unspecified atom stereocenters. The standard InChI is InChI=1S/C16H21N3O/c1-19-13-7-3-2-6-12(13)18-15(19)10-14(20)16(11-17)8-4-5-9-16/h2-3,6-7H,4-5,8-11,17H2,1H3. The lowest BCUT2D eigenvalue weighted by molar-refractivity contribution is -0.127. The van der Waals surface area contributed by atoms with E-state index in [0.717, 1.165) is 42.5 Å². The fourth-order valence-electron chi connectivity index (χ4n) is 3.33. The van der Waals surface area contributed by atoms with Crippen molar-refractivity contribution < 1.29 is 4.79 Å². The summed E-state index contributed by atoms with van der Waals surface area (Å²) in [5, 5.41) is 0. The Bertz CT molecular complexity index is 638. The van der Waals surface area contributed by atoms with Gasteiger partial charge in [-0.15, -0.1) is 0 Å². The first kappa shape index (κ1) is 13.3. The monoisotopic (exact) mass is 271 g/mol. The molecule has 4 nitrogen and oxygen atoms in total. The Labute approximate surface area is 119 Å². The molecule has 0 radical (unpaired) electrons. The number of imidazole rings is 1. The van der Waals surface area contributed by atoms with Gasteiger partial charge in [0.1, 0.15) is 11.6 Å². The van der Waals surface area contributed by atoms with Crippen LogP contribution in [0.15, 0.2) is 24.3 Å². The normalized spacial score (nSPS) is 17.7. The number of para-hydroxylation sites is 2. The topological polar surface area (TPSA) is 60.9 Å². The van der Waals surface area contributed by atoms with Gasteiger partial charge in [-0.1, -0.05) is 25.0 Å². The van der Waals surface area contributed by atoms with Crippen LogP contribution in [0, 0.1) is 5.41 Å². The van der Waals surface area contributed by atoms with Gasteiger partial charge in [-0.25, -0.2) is 4.98 Å². The number of carbonyl (C=O) groups excluding carboxylic acids is 1. The molecular formula is C16H21N3O. The molecule has 106 valence electrons. The number of aryl methyl sites for hydroxylation is 1. The number of hydrogen-bond donors (Lipinski definition) is 1. The molecule has 1 aromatic heterocycles. The van der Waals surface area contributed by atoms with E-state index in [1.54, 1.807) is 0 Å². The second kappa shape index (κ2) is 5.02. The largest absolute Gasteiger partial charge is 0.331 e. The van der Waals surface area contributed by atoms with Gasteiger partial charge in [-0.05, 0) is 25.0 Å². The smallest absolute Gasteiger partial charge is 0.147 e. The molecule has 0 saturated heterocycles. The summed E-state index contributed by atoms with van der Waals surface area (Å²) in [5.41, 5.74) is 7.62. The molecule has 20 heavy (non-hydrogen) atoms. The van der Waals surface area contributed by atoms with Crippen LogP contribution in [0.5, 0.6) is 0 Å². The van der Waals surface area contributed by atoms with E-state index in [1.807, 2.05) is 35.9 Å². The number of ketones is 1. The zero-order valence-corrected chi connectivity index (χ0v) is 11.9. The molecular weight excluding hydrogens is 250 g/mol. The predicted octanol–water partition coefficient (Wildman–Crippen LogP) is 2.20. The third-order valence-electron chi connectivity index (χ3n) is 4.74. The van der Waals surface area contributed by atoms with Gasteiger partial charge in [0.05, 0.1) is 17.5 Å².